The summed E-state index contributed by atoms with van der Waals surface area (Å²) in [5.74, 6) is 1.22. The van der Waals surface area contributed by atoms with Crippen LogP contribution in [0.1, 0.15) is 22.3 Å². The molecule has 3 aromatic rings. The van der Waals surface area contributed by atoms with E-state index in [0.29, 0.717) is 29.3 Å². The van der Waals surface area contributed by atoms with Crippen molar-refractivity contribution >= 4 is 17.3 Å². The molecule has 0 atom stereocenters. The Balaban J connectivity index is 1.59. The molecule has 0 aliphatic carbocycles. The highest BCUT2D eigenvalue weighted by Gasteiger charge is 2.09. The summed E-state index contributed by atoms with van der Waals surface area (Å²) >= 11 is 0. The Morgan fingerprint density at radius 2 is 1.83 bits per heavy atom. The van der Waals surface area contributed by atoms with Gasteiger partial charge in [0, 0.05) is 18.8 Å². The first-order valence-electron chi connectivity index (χ1n) is 9.46. The Hall–Kier alpha value is -3.54. The average molecular weight is 391 g/mol. The summed E-state index contributed by atoms with van der Waals surface area (Å²) in [6.45, 7) is 0.606. The fourth-order valence-corrected chi connectivity index (χ4v) is 2.94. The van der Waals surface area contributed by atoms with Crippen LogP contribution in [0.2, 0.25) is 0 Å². The number of methoxy groups -OCH3 is 2. The molecule has 0 saturated carbocycles. The van der Waals surface area contributed by atoms with Gasteiger partial charge in [-0.3, -0.25) is 9.78 Å². The van der Waals surface area contributed by atoms with Gasteiger partial charge in [0.2, 0.25) is 0 Å². The summed E-state index contributed by atoms with van der Waals surface area (Å²) in [7, 11) is 3.21. The van der Waals surface area contributed by atoms with Crippen LogP contribution in [0.4, 0.5) is 11.4 Å². The molecule has 3 rings (SSSR count). The summed E-state index contributed by atoms with van der Waals surface area (Å²) in [6.07, 6.45) is 5.02. The Kier molecular flexibility index (Phi) is 7.05. The zero-order valence-electron chi connectivity index (χ0n) is 16.6. The highest BCUT2D eigenvalue weighted by Crippen LogP contribution is 2.31. The molecule has 0 aliphatic heterocycles. The monoisotopic (exact) mass is 391 g/mol. The molecule has 0 aliphatic rings. The fourth-order valence-electron chi connectivity index (χ4n) is 2.94. The second-order valence-electron chi connectivity index (χ2n) is 6.50. The predicted octanol–water partition coefficient (Wildman–Crippen LogP) is 4.21. The number of benzene rings is 2. The second kappa shape index (κ2) is 10.1. The first-order chi connectivity index (χ1) is 14.2. The molecule has 6 nitrogen and oxygen atoms in total. The number of hydrogen-bond donors (Lipinski definition) is 2. The minimum absolute atomic E-state index is 0.146. The Morgan fingerprint density at radius 1 is 1.00 bits per heavy atom. The van der Waals surface area contributed by atoms with E-state index in [2.05, 4.69) is 27.8 Å². The van der Waals surface area contributed by atoms with E-state index in [1.807, 2.05) is 36.4 Å². The third-order valence-electron chi connectivity index (χ3n) is 4.46. The highest BCUT2D eigenvalue weighted by molar-refractivity contribution is 5.94. The maximum absolute atomic E-state index is 12.5. The van der Waals surface area contributed by atoms with Gasteiger partial charge in [-0.05, 0) is 36.6 Å². The number of amides is 1. The van der Waals surface area contributed by atoms with Crippen molar-refractivity contribution in [1.29, 1.82) is 0 Å². The summed E-state index contributed by atoms with van der Waals surface area (Å²) in [5, 5.41) is 6.18. The smallest absolute Gasteiger partial charge is 0.252 e. The van der Waals surface area contributed by atoms with Gasteiger partial charge in [-0.2, -0.15) is 0 Å². The number of anilines is 2. The van der Waals surface area contributed by atoms with Crippen LogP contribution in [0.15, 0.2) is 67.0 Å². The number of nitrogens with one attached hydrogen (secondary N) is 2. The number of ether oxygens (including phenoxy) is 2. The van der Waals surface area contributed by atoms with E-state index < -0.39 is 0 Å². The van der Waals surface area contributed by atoms with Crippen molar-refractivity contribution in [3.8, 4) is 11.5 Å². The number of aromatic nitrogens is 1. The van der Waals surface area contributed by atoms with Crippen molar-refractivity contribution in [1.82, 2.24) is 10.3 Å². The third-order valence-corrected chi connectivity index (χ3v) is 4.46. The third kappa shape index (κ3) is 5.72. The van der Waals surface area contributed by atoms with Crippen LogP contribution in [0.25, 0.3) is 0 Å². The van der Waals surface area contributed by atoms with Crippen molar-refractivity contribution < 1.29 is 14.3 Å². The topological polar surface area (TPSA) is 72.5 Å². The minimum Gasteiger partial charge on any atom is -0.497 e. The van der Waals surface area contributed by atoms with Crippen molar-refractivity contribution in [2.45, 2.75) is 12.8 Å². The van der Waals surface area contributed by atoms with Crippen LogP contribution in [-0.2, 0) is 6.42 Å². The number of nitrogens with zero attached hydrogens (tertiary/aromatic N) is 1. The lowest BCUT2D eigenvalue weighted by atomic mass is 10.1. The molecule has 0 saturated heterocycles. The average Bonchev–Trinajstić information content (AvgIpc) is 2.77. The number of rotatable bonds is 9. The molecular formula is C23H25N3O3. The molecule has 0 bridgehead atoms. The number of hydrogen-bond acceptors (Lipinski definition) is 5. The molecule has 0 spiro atoms. The Bertz CT molecular complexity index is 945. The maximum atomic E-state index is 12.5. The van der Waals surface area contributed by atoms with Crippen molar-refractivity contribution in [3.63, 3.8) is 0 Å². The van der Waals surface area contributed by atoms with E-state index in [0.717, 1.165) is 18.5 Å². The molecular weight excluding hydrogens is 366 g/mol. The van der Waals surface area contributed by atoms with Crippen LogP contribution in [-0.4, -0.2) is 31.7 Å². The van der Waals surface area contributed by atoms with Crippen LogP contribution in [0, 0.1) is 0 Å². The molecule has 1 heterocycles. The molecule has 0 radical (unpaired) electrons. The summed E-state index contributed by atoms with van der Waals surface area (Å²) in [5.41, 5.74) is 3.18. The standard InChI is InChI=1S/C23H25N3O3/c1-28-20-10-11-22(29-2)21(14-20)26-19-13-18(15-24-16-19)23(27)25-12-6-9-17-7-4-3-5-8-17/h3-5,7-8,10-11,13-16,26H,6,9,12H2,1-2H3,(H,25,27). The lowest BCUT2D eigenvalue weighted by molar-refractivity contribution is 0.0953. The fraction of sp³-hybridized carbons (Fsp3) is 0.217. The first kappa shape index (κ1) is 20.2. The molecule has 150 valence electrons. The second-order valence-corrected chi connectivity index (χ2v) is 6.50. The zero-order valence-corrected chi connectivity index (χ0v) is 16.6. The van der Waals surface area contributed by atoms with Crippen molar-refractivity contribution in [3.05, 3.63) is 78.1 Å². The van der Waals surface area contributed by atoms with E-state index in [4.69, 9.17) is 9.47 Å². The summed E-state index contributed by atoms with van der Waals surface area (Å²) in [6, 6.07) is 17.5. The highest BCUT2D eigenvalue weighted by atomic mass is 16.5. The molecule has 0 unspecified atom stereocenters. The SMILES string of the molecule is COc1ccc(OC)c(Nc2cncc(C(=O)NCCCc3ccccc3)c2)c1. The van der Waals surface area contributed by atoms with Gasteiger partial charge in [-0.25, -0.2) is 0 Å². The zero-order chi connectivity index (χ0) is 20.5. The van der Waals surface area contributed by atoms with Gasteiger partial charge in [0.15, 0.2) is 0 Å². The van der Waals surface area contributed by atoms with Crippen molar-refractivity contribution in [2.24, 2.45) is 0 Å². The summed E-state index contributed by atoms with van der Waals surface area (Å²) in [4.78, 5) is 16.6. The van der Waals surface area contributed by atoms with Gasteiger partial charge in [0.1, 0.15) is 11.5 Å². The predicted molar refractivity (Wildman–Crippen MR) is 114 cm³/mol. The van der Waals surface area contributed by atoms with Crippen LogP contribution >= 0.6 is 0 Å². The Labute approximate surface area is 170 Å². The first-order valence-corrected chi connectivity index (χ1v) is 9.46. The summed E-state index contributed by atoms with van der Waals surface area (Å²) < 4.78 is 10.6. The van der Waals surface area contributed by atoms with Gasteiger partial charge < -0.3 is 20.1 Å². The lowest BCUT2D eigenvalue weighted by Gasteiger charge is -2.13. The molecule has 1 aromatic heterocycles. The van der Waals surface area contributed by atoms with E-state index in [-0.39, 0.29) is 5.91 Å². The number of pyridine rings is 1. The molecule has 2 aromatic carbocycles. The lowest BCUT2D eigenvalue weighted by Crippen LogP contribution is -2.25. The molecule has 6 heteroatoms. The molecule has 2 N–H and O–H groups in total. The number of carbonyl (C=O) groups excluding carboxylic acids is 1. The quantitative estimate of drug-likeness (QED) is 0.535. The normalized spacial score (nSPS) is 10.3. The van der Waals surface area contributed by atoms with Crippen LogP contribution in [0.5, 0.6) is 11.5 Å². The van der Waals surface area contributed by atoms with Gasteiger partial charge in [0.05, 0.1) is 37.4 Å². The van der Waals surface area contributed by atoms with Gasteiger partial charge in [-0.15, -0.1) is 0 Å². The van der Waals surface area contributed by atoms with Crippen LogP contribution < -0.4 is 20.1 Å². The maximum Gasteiger partial charge on any atom is 0.252 e. The molecule has 29 heavy (non-hydrogen) atoms. The van der Waals surface area contributed by atoms with Gasteiger partial charge >= 0.3 is 0 Å². The number of aryl methyl sites for hydroxylation is 1. The molecule has 0 fully saturated rings. The largest absolute Gasteiger partial charge is 0.497 e. The van der Waals surface area contributed by atoms with Crippen LogP contribution in [0.3, 0.4) is 0 Å². The number of carbonyl (C=O) groups is 1. The van der Waals surface area contributed by atoms with E-state index in [9.17, 15) is 4.79 Å². The van der Waals surface area contributed by atoms with E-state index >= 15 is 0 Å². The van der Waals surface area contributed by atoms with Gasteiger partial charge in [0.25, 0.3) is 5.91 Å². The van der Waals surface area contributed by atoms with Crippen molar-refractivity contribution in [2.75, 3.05) is 26.1 Å². The minimum atomic E-state index is -0.146. The van der Waals surface area contributed by atoms with Gasteiger partial charge in [-0.1, -0.05) is 30.3 Å². The van der Waals surface area contributed by atoms with E-state index in [1.165, 1.54) is 5.56 Å². The molecule has 1 amide bonds. The Morgan fingerprint density at radius 3 is 2.59 bits per heavy atom. The van der Waals surface area contributed by atoms with E-state index in [1.54, 1.807) is 32.7 Å².